The van der Waals surface area contributed by atoms with Gasteiger partial charge >= 0.3 is 0 Å². The van der Waals surface area contributed by atoms with Crippen molar-refractivity contribution in [2.24, 2.45) is 4.99 Å². The van der Waals surface area contributed by atoms with Crippen LogP contribution >= 0.6 is 11.8 Å². The molecule has 9 heavy (non-hydrogen) atoms. The maximum atomic E-state index is 4.01. The molecule has 2 nitrogen and oxygen atoms in total. The monoisotopic (exact) mass is 144 g/mol. The van der Waals surface area contributed by atoms with Gasteiger partial charge in [-0.25, -0.2) is 4.99 Å². The minimum absolute atomic E-state index is 0.977. The summed E-state index contributed by atoms with van der Waals surface area (Å²) < 4.78 is 0. The van der Waals surface area contributed by atoms with Crippen molar-refractivity contribution in [3.8, 4) is 0 Å². The highest BCUT2D eigenvalue weighted by Gasteiger charge is 1.94. The quantitative estimate of drug-likeness (QED) is 0.408. The second kappa shape index (κ2) is 4.44. The Balaban J connectivity index is 3.96. The predicted molar refractivity (Wildman–Crippen MR) is 44.8 cm³/mol. The summed E-state index contributed by atoms with van der Waals surface area (Å²) in [4.78, 5) is 5.96. The van der Waals surface area contributed by atoms with Crippen LogP contribution in [0.15, 0.2) is 17.8 Å². The molecule has 0 radical (unpaired) electrons. The van der Waals surface area contributed by atoms with Crippen LogP contribution in [0.3, 0.4) is 0 Å². The van der Waals surface area contributed by atoms with Gasteiger partial charge in [0.25, 0.3) is 0 Å². The van der Waals surface area contributed by atoms with Crippen LogP contribution in [0, 0.1) is 0 Å². The van der Waals surface area contributed by atoms with Gasteiger partial charge in [-0.05, 0) is 6.26 Å². The molecule has 0 aliphatic carbocycles. The summed E-state index contributed by atoms with van der Waals surface area (Å²) in [6, 6.07) is 0. The molecule has 0 rings (SSSR count). The van der Waals surface area contributed by atoms with Crippen molar-refractivity contribution >= 4 is 16.9 Å². The lowest BCUT2D eigenvalue weighted by atomic mass is 10.9. The first-order valence-electron chi connectivity index (χ1n) is 2.62. The smallest absolute Gasteiger partial charge is 0.162 e. The molecule has 0 N–H and O–H groups in total. The van der Waals surface area contributed by atoms with Gasteiger partial charge in [0.2, 0.25) is 0 Å². The lowest BCUT2D eigenvalue weighted by molar-refractivity contribution is 0.636. The van der Waals surface area contributed by atoms with Gasteiger partial charge in [-0.2, -0.15) is 0 Å². The van der Waals surface area contributed by atoms with E-state index in [1.54, 1.807) is 18.0 Å². The molecule has 0 aromatic carbocycles. The molecule has 0 heterocycles. The van der Waals surface area contributed by atoms with Gasteiger partial charge in [0.1, 0.15) is 0 Å². The minimum Gasteiger partial charge on any atom is -0.357 e. The second-order valence-electron chi connectivity index (χ2n) is 1.69. The lowest BCUT2D eigenvalue weighted by Gasteiger charge is -2.11. The fourth-order valence-corrected chi connectivity index (χ4v) is 0.974. The van der Waals surface area contributed by atoms with Gasteiger partial charge in [-0.1, -0.05) is 18.3 Å². The molecule has 3 heteroatoms. The Morgan fingerprint density at radius 2 is 2.22 bits per heavy atom. The lowest BCUT2D eigenvalue weighted by Crippen LogP contribution is -2.17. The van der Waals surface area contributed by atoms with E-state index in [9.17, 15) is 0 Å². The fraction of sp³-hybridized carbons (Fsp3) is 0.500. The van der Waals surface area contributed by atoms with Crippen LogP contribution in [-0.2, 0) is 0 Å². The summed E-state index contributed by atoms with van der Waals surface area (Å²) in [7, 11) is 3.91. The predicted octanol–water partition coefficient (Wildman–Crippen LogP) is 1.41. The average Bonchev–Trinajstić information content (AvgIpc) is 1.82. The number of nitrogens with zero attached hydrogens (tertiary/aromatic N) is 2. The highest BCUT2D eigenvalue weighted by atomic mass is 32.2. The van der Waals surface area contributed by atoms with Crippen molar-refractivity contribution in [3.05, 3.63) is 12.8 Å². The molecule has 0 aliphatic heterocycles. The van der Waals surface area contributed by atoms with E-state index in [1.807, 2.05) is 25.3 Å². The average molecular weight is 144 g/mol. The van der Waals surface area contributed by atoms with Crippen LogP contribution in [0.2, 0.25) is 0 Å². The first-order valence-corrected chi connectivity index (χ1v) is 3.85. The first kappa shape index (κ1) is 8.56. The molecule has 0 aromatic heterocycles. The van der Waals surface area contributed by atoms with Crippen molar-refractivity contribution in [1.82, 2.24) is 4.90 Å². The topological polar surface area (TPSA) is 15.6 Å². The molecule has 0 saturated heterocycles. The molecule has 52 valence electrons. The Hall–Kier alpha value is -0.440. The van der Waals surface area contributed by atoms with Crippen molar-refractivity contribution in [2.75, 3.05) is 20.4 Å². The molecule has 0 atom stereocenters. The molecular formula is C6H12N2S. The van der Waals surface area contributed by atoms with Crippen LogP contribution in [-0.4, -0.2) is 30.4 Å². The zero-order chi connectivity index (χ0) is 7.28. The molecule has 0 saturated carbocycles. The van der Waals surface area contributed by atoms with Crippen LogP contribution in [0.5, 0.6) is 0 Å². The summed E-state index contributed by atoms with van der Waals surface area (Å²) in [6.07, 6.45) is 3.54. The standard InChI is InChI=1S/C6H12N2S/c1-5-7-6(9-4)8(2)3/h5H,1H2,2-4H3/b7-6+. The van der Waals surface area contributed by atoms with E-state index in [1.165, 1.54) is 0 Å². The van der Waals surface area contributed by atoms with Gasteiger partial charge < -0.3 is 4.90 Å². The molecule has 0 unspecified atom stereocenters. The normalized spacial score (nSPS) is 11.2. The summed E-state index contributed by atoms with van der Waals surface area (Å²) in [6.45, 7) is 3.50. The number of rotatable bonds is 1. The van der Waals surface area contributed by atoms with E-state index in [4.69, 9.17) is 0 Å². The van der Waals surface area contributed by atoms with Crippen molar-refractivity contribution in [3.63, 3.8) is 0 Å². The van der Waals surface area contributed by atoms with Gasteiger partial charge in [0.15, 0.2) is 5.17 Å². The van der Waals surface area contributed by atoms with E-state index in [0.717, 1.165) is 5.17 Å². The van der Waals surface area contributed by atoms with Crippen LogP contribution in [0.4, 0.5) is 0 Å². The van der Waals surface area contributed by atoms with Crippen molar-refractivity contribution < 1.29 is 0 Å². The Labute approximate surface area is 60.7 Å². The Bertz CT molecular complexity index is 118. The van der Waals surface area contributed by atoms with Gasteiger partial charge in [0.05, 0.1) is 0 Å². The van der Waals surface area contributed by atoms with Crippen molar-refractivity contribution in [1.29, 1.82) is 0 Å². The number of hydrogen-bond acceptors (Lipinski definition) is 2. The molecule has 0 bridgehead atoms. The SMILES string of the molecule is C=C/N=C(/SC)N(C)C. The van der Waals surface area contributed by atoms with Gasteiger partial charge in [0, 0.05) is 20.3 Å². The first-order chi connectivity index (χ1) is 4.22. The van der Waals surface area contributed by atoms with Gasteiger partial charge in [-0.15, -0.1) is 0 Å². The third-order valence-corrected chi connectivity index (χ3v) is 1.60. The second-order valence-corrected chi connectivity index (χ2v) is 2.47. The fourth-order valence-electron chi connectivity index (χ4n) is 0.429. The summed E-state index contributed by atoms with van der Waals surface area (Å²) in [5.74, 6) is 0. The molecule has 0 spiro atoms. The Morgan fingerprint density at radius 1 is 1.67 bits per heavy atom. The summed E-state index contributed by atoms with van der Waals surface area (Å²) in [5.41, 5.74) is 0. The van der Waals surface area contributed by atoms with Gasteiger partial charge in [-0.3, -0.25) is 0 Å². The van der Waals surface area contributed by atoms with E-state index in [0.29, 0.717) is 0 Å². The number of amidine groups is 1. The van der Waals surface area contributed by atoms with Crippen LogP contribution in [0.25, 0.3) is 0 Å². The van der Waals surface area contributed by atoms with E-state index < -0.39 is 0 Å². The zero-order valence-corrected chi connectivity index (χ0v) is 6.90. The third kappa shape index (κ3) is 3.19. The van der Waals surface area contributed by atoms with Crippen molar-refractivity contribution in [2.45, 2.75) is 0 Å². The number of hydrogen-bond donors (Lipinski definition) is 0. The Morgan fingerprint density at radius 3 is 2.33 bits per heavy atom. The molecule has 0 aliphatic rings. The number of aliphatic imine (C=N–C) groups is 1. The zero-order valence-electron chi connectivity index (χ0n) is 6.09. The van der Waals surface area contributed by atoms with E-state index in [-0.39, 0.29) is 0 Å². The molecular weight excluding hydrogens is 132 g/mol. The van der Waals surface area contributed by atoms with Crippen LogP contribution in [0.1, 0.15) is 0 Å². The minimum atomic E-state index is 0.977. The number of thioether (sulfide) groups is 1. The molecule has 0 fully saturated rings. The van der Waals surface area contributed by atoms with E-state index in [2.05, 4.69) is 11.6 Å². The summed E-state index contributed by atoms with van der Waals surface area (Å²) in [5, 5.41) is 0.977. The molecule has 0 aromatic rings. The summed E-state index contributed by atoms with van der Waals surface area (Å²) >= 11 is 1.61. The highest BCUT2D eigenvalue weighted by molar-refractivity contribution is 8.13. The van der Waals surface area contributed by atoms with E-state index >= 15 is 0 Å². The largest absolute Gasteiger partial charge is 0.357 e. The highest BCUT2D eigenvalue weighted by Crippen LogP contribution is 2.00. The third-order valence-electron chi connectivity index (χ3n) is 0.767. The molecule has 0 amide bonds. The maximum Gasteiger partial charge on any atom is 0.162 e. The maximum absolute atomic E-state index is 4.01. The van der Waals surface area contributed by atoms with Crippen LogP contribution < -0.4 is 0 Å². The Kier molecular flexibility index (Phi) is 4.22.